The van der Waals surface area contributed by atoms with Gasteiger partial charge in [0.05, 0.1) is 18.7 Å². The van der Waals surface area contributed by atoms with E-state index in [-0.39, 0.29) is 19.1 Å². The maximum absolute atomic E-state index is 12.9. The molecule has 0 spiro atoms. The Morgan fingerprint density at radius 2 is 2.00 bits per heavy atom. The third kappa shape index (κ3) is 3.42. The molecule has 1 aromatic carbocycles. The highest BCUT2D eigenvalue weighted by atomic mass is 19.4. The smallest absolute Gasteiger partial charge is 0.380 e. The maximum Gasteiger partial charge on any atom is 0.416 e. The Balaban J connectivity index is 1.75. The maximum atomic E-state index is 12.9. The van der Waals surface area contributed by atoms with Crippen molar-refractivity contribution in [1.82, 2.24) is 4.90 Å². The summed E-state index contributed by atoms with van der Waals surface area (Å²) in [5.74, 6) is -0.333. The molecule has 1 atom stereocenters. The van der Waals surface area contributed by atoms with Crippen molar-refractivity contribution >= 4 is 5.91 Å². The fraction of sp³-hybridized carbons (Fsp3) is 0.588. The summed E-state index contributed by atoms with van der Waals surface area (Å²) in [5, 5.41) is 10.4. The van der Waals surface area contributed by atoms with Gasteiger partial charge in [0.15, 0.2) is 0 Å². The van der Waals surface area contributed by atoms with Gasteiger partial charge in [-0.2, -0.15) is 13.2 Å². The third-order valence-electron chi connectivity index (χ3n) is 4.77. The molecule has 24 heavy (non-hydrogen) atoms. The van der Waals surface area contributed by atoms with Crippen molar-refractivity contribution in [3.63, 3.8) is 0 Å². The van der Waals surface area contributed by atoms with Gasteiger partial charge in [-0.3, -0.25) is 4.79 Å². The van der Waals surface area contributed by atoms with E-state index in [1.807, 2.05) is 0 Å². The number of hydrogen-bond donors (Lipinski definition) is 1. The van der Waals surface area contributed by atoms with Gasteiger partial charge in [-0.05, 0) is 43.4 Å². The van der Waals surface area contributed by atoms with Crippen LogP contribution >= 0.6 is 0 Å². The lowest BCUT2D eigenvalue weighted by atomic mass is 9.99. The van der Waals surface area contributed by atoms with Crippen LogP contribution in [-0.4, -0.2) is 41.2 Å². The predicted molar refractivity (Wildman–Crippen MR) is 80.1 cm³/mol. The summed E-state index contributed by atoms with van der Waals surface area (Å²) in [5.41, 5.74) is -1.67. The third-order valence-corrected chi connectivity index (χ3v) is 4.77. The van der Waals surface area contributed by atoms with Gasteiger partial charge in [0, 0.05) is 6.54 Å². The summed E-state index contributed by atoms with van der Waals surface area (Å²) in [7, 11) is 0. The Hall–Kier alpha value is -1.60. The van der Waals surface area contributed by atoms with E-state index >= 15 is 0 Å². The molecule has 1 heterocycles. The molecule has 1 saturated carbocycles. The number of carbonyl (C=O) groups excluding carboxylic acids is 1. The zero-order valence-corrected chi connectivity index (χ0v) is 13.2. The minimum Gasteiger partial charge on any atom is -0.380 e. The number of benzene rings is 1. The molecule has 2 aliphatic rings. The number of halogens is 3. The first-order valence-electron chi connectivity index (χ1n) is 8.10. The van der Waals surface area contributed by atoms with E-state index in [0.717, 1.165) is 25.0 Å². The SMILES string of the molecule is O=C(N1CCOC(c2cccc(C(F)(F)F)c2)C1)C1(O)CCCC1. The molecule has 0 radical (unpaired) electrons. The molecule has 1 amide bonds. The number of nitrogens with zero attached hydrogens (tertiary/aromatic N) is 1. The van der Waals surface area contributed by atoms with Crippen LogP contribution in [0.25, 0.3) is 0 Å². The molecule has 0 bridgehead atoms. The lowest BCUT2D eigenvalue weighted by Gasteiger charge is -2.37. The number of rotatable bonds is 2. The molecule has 132 valence electrons. The molecule has 1 N–H and O–H groups in total. The fourth-order valence-electron chi connectivity index (χ4n) is 3.42. The Morgan fingerprint density at radius 1 is 1.29 bits per heavy atom. The van der Waals surface area contributed by atoms with Crippen molar-refractivity contribution in [2.45, 2.75) is 43.6 Å². The van der Waals surface area contributed by atoms with Crippen molar-refractivity contribution < 1.29 is 27.8 Å². The average molecular weight is 343 g/mol. The standard InChI is InChI=1S/C17H20F3NO3/c18-17(19,20)13-5-3-4-12(10-13)14-11-21(8-9-24-14)15(22)16(23)6-1-2-7-16/h3-5,10,14,23H,1-2,6-9,11H2. The molecule has 1 aliphatic carbocycles. The van der Waals surface area contributed by atoms with Gasteiger partial charge in [-0.25, -0.2) is 0 Å². The van der Waals surface area contributed by atoms with E-state index in [2.05, 4.69) is 0 Å². The minimum atomic E-state index is -4.42. The molecule has 3 rings (SSSR count). The summed E-state index contributed by atoms with van der Waals surface area (Å²) in [6.07, 6.45) is -2.53. The highest BCUT2D eigenvalue weighted by Crippen LogP contribution is 2.34. The molecular weight excluding hydrogens is 323 g/mol. The van der Waals surface area contributed by atoms with Gasteiger partial charge in [-0.1, -0.05) is 12.1 Å². The Morgan fingerprint density at radius 3 is 2.67 bits per heavy atom. The zero-order chi connectivity index (χ0) is 17.4. The number of alkyl halides is 3. The Kier molecular flexibility index (Phi) is 4.57. The largest absolute Gasteiger partial charge is 0.416 e. The first kappa shape index (κ1) is 17.2. The number of hydrogen-bond acceptors (Lipinski definition) is 3. The monoisotopic (exact) mass is 343 g/mol. The van der Waals surface area contributed by atoms with Crippen LogP contribution in [0, 0.1) is 0 Å². The number of ether oxygens (including phenoxy) is 1. The fourth-order valence-corrected chi connectivity index (χ4v) is 3.42. The lowest BCUT2D eigenvalue weighted by molar-refractivity contribution is -0.158. The number of amides is 1. The number of morpholine rings is 1. The second kappa shape index (κ2) is 6.37. The van der Waals surface area contributed by atoms with E-state index in [4.69, 9.17) is 4.74 Å². The molecule has 1 aromatic rings. The number of aliphatic hydroxyl groups is 1. The Labute approximate surface area is 138 Å². The van der Waals surface area contributed by atoms with Gasteiger partial charge in [0.2, 0.25) is 0 Å². The Bertz CT molecular complexity index is 611. The van der Waals surface area contributed by atoms with Crippen LogP contribution in [-0.2, 0) is 15.7 Å². The molecule has 4 nitrogen and oxygen atoms in total. The summed E-state index contributed by atoms with van der Waals surface area (Å²) in [6.45, 7) is 0.738. The average Bonchev–Trinajstić information content (AvgIpc) is 3.01. The minimum absolute atomic E-state index is 0.155. The number of carbonyl (C=O) groups is 1. The highest BCUT2D eigenvalue weighted by molar-refractivity contribution is 5.85. The van der Waals surface area contributed by atoms with Crippen molar-refractivity contribution in [1.29, 1.82) is 0 Å². The van der Waals surface area contributed by atoms with Crippen LogP contribution in [0.1, 0.15) is 42.9 Å². The van der Waals surface area contributed by atoms with Crippen molar-refractivity contribution in [3.05, 3.63) is 35.4 Å². The van der Waals surface area contributed by atoms with Crippen molar-refractivity contribution in [2.75, 3.05) is 19.7 Å². The summed E-state index contributed by atoms with van der Waals surface area (Å²) < 4.78 is 44.1. The molecule has 7 heteroatoms. The van der Waals surface area contributed by atoms with E-state index in [9.17, 15) is 23.1 Å². The van der Waals surface area contributed by atoms with Crippen LogP contribution < -0.4 is 0 Å². The van der Waals surface area contributed by atoms with Crippen LogP contribution in [0.15, 0.2) is 24.3 Å². The molecular formula is C17H20F3NO3. The van der Waals surface area contributed by atoms with E-state index in [1.165, 1.54) is 11.0 Å². The van der Waals surface area contributed by atoms with Crippen molar-refractivity contribution in [3.8, 4) is 0 Å². The van der Waals surface area contributed by atoms with Gasteiger partial charge in [-0.15, -0.1) is 0 Å². The van der Waals surface area contributed by atoms with Gasteiger partial charge in [0.25, 0.3) is 5.91 Å². The van der Waals surface area contributed by atoms with Crippen LogP contribution in [0.5, 0.6) is 0 Å². The normalized spacial score (nSPS) is 24.2. The molecule has 1 saturated heterocycles. The summed E-state index contributed by atoms with van der Waals surface area (Å²) >= 11 is 0. The van der Waals surface area contributed by atoms with Crippen molar-refractivity contribution in [2.24, 2.45) is 0 Å². The van der Waals surface area contributed by atoms with E-state index in [0.29, 0.717) is 24.9 Å². The summed E-state index contributed by atoms with van der Waals surface area (Å²) in [4.78, 5) is 14.1. The van der Waals surface area contributed by atoms with Crippen LogP contribution in [0.4, 0.5) is 13.2 Å². The topological polar surface area (TPSA) is 49.8 Å². The van der Waals surface area contributed by atoms with E-state index < -0.39 is 23.4 Å². The predicted octanol–water partition coefficient (Wildman–Crippen LogP) is 2.91. The van der Waals surface area contributed by atoms with Crippen LogP contribution in [0.2, 0.25) is 0 Å². The zero-order valence-electron chi connectivity index (χ0n) is 13.2. The second-order valence-electron chi connectivity index (χ2n) is 6.47. The first-order valence-corrected chi connectivity index (χ1v) is 8.10. The van der Waals surface area contributed by atoms with Gasteiger partial charge >= 0.3 is 6.18 Å². The molecule has 2 fully saturated rings. The molecule has 1 unspecified atom stereocenters. The molecule has 0 aromatic heterocycles. The van der Waals surface area contributed by atoms with Gasteiger partial charge < -0.3 is 14.7 Å². The van der Waals surface area contributed by atoms with E-state index in [1.54, 1.807) is 6.07 Å². The summed E-state index contributed by atoms with van der Waals surface area (Å²) in [6, 6.07) is 4.98. The second-order valence-corrected chi connectivity index (χ2v) is 6.47. The van der Waals surface area contributed by atoms with Gasteiger partial charge in [0.1, 0.15) is 11.7 Å². The quantitative estimate of drug-likeness (QED) is 0.898. The lowest BCUT2D eigenvalue weighted by Crippen LogP contribution is -2.52. The molecule has 1 aliphatic heterocycles. The van der Waals surface area contributed by atoms with Crippen LogP contribution in [0.3, 0.4) is 0 Å². The highest BCUT2D eigenvalue weighted by Gasteiger charge is 2.43. The first-order chi connectivity index (χ1) is 11.3.